The van der Waals surface area contributed by atoms with Crippen molar-refractivity contribution < 1.29 is 9.53 Å². The first kappa shape index (κ1) is 16.9. The van der Waals surface area contributed by atoms with Crippen LogP contribution in [0.25, 0.3) is 0 Å². The Morgan fingerprint density at radius 3 is 2.82 bits per heavy atom. The van der Waals surface area contributed by atoms with Gasteiger partial charge in [0.2, 0.25) is 5.91 Å². The number of hydrogen-bond donors (Lipinski definition) is 2. The molecule has 0 radical (unpaired) electrons. The van der Waals surface area contributed by atoms with Crippen LogP contribution in [0, 0.1) is 5.92 Å². The lowest BCUT2D eigenvalue weighted by atomic mass is 10.1. The first-order chi connectivity index (χ1) is 10.6. The van der Waals surface area contributed by atoms with E-state index in [0.717, 1.165) is 19.6 Å². The minimum Gasteiger partial charge on any atom is -0.374 e. The molecule has 1 aromatic carbocycles. The molecule has 1 saturated heterocycles. The van der Waals surface area contributed by atoms with Gasteiger partial charge < -0.3 is 15.8 Å². The van der Waals surface area contributed by atoms with Crippen molar-refractivity contribution in [3.05, 3.63) is 35.9 Å². The summed E-state index contributed by atoms with van der Waals surface area (Å²) in [6, 6.07) is 9.95. The number of nitrogens with zero attached hydrogens (tertiary/aromatic N) is 1. The highest BCUT2D eigenvalue weighted by Crippen LogP contribution is 2.10. The standard InChI is InChI=1S/C17H27N3O2/c1-13(2)16(18)17(21)19-10-15-12-20(8-9-22-15)11-14-6-4-3-5-7-14/h3-7,13,15-16H,8-12,18H2,1-2H3,(H,19,21)/t15?,16-/m1/s1. The summed E-state index contributed by atoms with van der Waals surface area (Å²) in [5.41, 5.74) is 7.14. The predicted octanol–water partition coefficient (Wildman–Crippen LogP) is 0.987. The third-order valence-corrected chi connectivity index (χ3v) is 4.00. The highest BCUT2D eigenvalue weighted by atomic mass is 16.5. The second-order valence-electron chi connectivity index (χ2n) is 6.23. The van der Waals surface area contributed by atoms with Gasteiger partial charge in [0.1, 0.15) is 0 Å². The lowest BCUT2D eigenvalue weighted by molar-refractivity contribution is -0.124. The van der Waals surface area contributed by atoms with Crippen LogP contribution in [0.3, 0.4) is 0 Å². The van der Waals surface area contributed by atoms with Crippen LogP contribution in [0.2, 0.25) is 0 Å². The van der Waals surface area contributed by atoms with Crippen molar-refractivity contribution in [2.45, 2.75) is 32.5 Å². The summed E-state index contributed by atoms with van der Waals surface area (Å²) in [6.07, 6.45) is 0.0285. The van der Waals surface area contributed by atoms with Crippen LogP contribution in [0.4, 0.5) is 0 Å². The molecule has 122 valence electrons. The fourth-order valence-corrected chi connectivity index (χ4v) is 2.52. The minimum atomic E-state index is -0.455. The second kappa shape index (κ2) is 8.27. The van der Waals surface area contributed by atoms with E-state index in [0.29, 0.717) is 13.2 Å². The van der Waals surface area contributed by atoms with Gasteiger partial charge in [-0.2, -0.15) is 0 Å². The Morgan fingerprint density at radius 2 is 2.14 bits per heavy atom. The largest absolute Gasteiger partial charge is 0.374 e. The summed E-state index contributed by atoms with van der Waals surface area (Å²) in [6.45, 7) is 7.77. The third kappa shape index (κ3) is 5.09. The Bertz CT molecular complexity index is 464. The van der Waals surface area contributed by atoms with Gasteiger partial charge in [0.15, 0.2) is 0 Å². The molecule has 1 aliphatic rings. The summed E-state index contributed by atoms with van der Waals surface area (Å²) in [4.78, 5) is 14.3. The van der Waals surface area contributed by atoms with Gasteiger partial charge in [0.25, 0.3) is 0 Å². The average molecular weight is 305 g/mol. The normalized spacial score (nSPS) is 20.8. The zero-order chi connectivity index (χ0) is 15.9. The quantitative estimate of drug-likeness (QED) is 0.822. The number of amides is 1. The van der Waals surface area contributed by atoms with Crippen LogP contribution in [0.15, 0.2) is 30.3 Å². The van der Waals surface area contributed by atoms with E-state index in [1.54, 1.807) is 0 Å². The molecule has 0 aliphatic carbocycles. The van der Waals surface area contributed by atoms with E-state index in [9.17, 15) is 4.79 Å². The van der Waals surface area contributed by atoms with Gasteiger partial charge in [-0.25, -0.2) is 0 Å². The van der Waals surface area contributed by atoms with Crippen molar-refractivity contribution in [1.29, 1.82) is 0 Å². The van der Waals surface area contributed by atoms with Crippen molar-refractivity contribution in [3.8, 4) is 0 Å². The van der Waals surface area contributed by atoms with Gasteiger partial charge in [-0.15, -0.1) is 0 Å². The number of rotatable bonds is 6. The molecule has 22 heavy (non-hydrogen) atoms. The maximum atomic E-state index is 11.9. The Morgan fingerprint density at radius 1 is 1.41 bits per heavy atom. The molecule has 5 heteroatoms. The van der Waals surface area contributed by atoms with E-state index in [4.69, 9.17) is 10.5 Å². The Labute approximate surface area is 132 Å². The molecule has 2 atom stereocenters. The van der Waals surface area contributed by atoms with Gasteiger partial charge >= 0.3 is 0 Å². The highest BCUT2D eigenvalue weighted by Gasteiger charge is 2.23. The van der Waals surface area contributed by atoms with Gasteiger partial charge in [-0.3, -0.25) is 9.69 Å². The van der Waals surface area contributed by atoms with Gasteiger partial charge in [-0.05, 0) is 11.5 Å². The van der Waals surface area contributed by atoms with Crippen LogP contribution in [-0.2, 0) is 16.1 Å². The molecule has 0 bridgehead atoms. The van der Waals surface area contributed by atoms with Crippen LogP contribution in [0.1, 0.15) is 19.4 Å². The third-order valence-electron chi connectivity index (χ3n) is 4.00. The first-order valence-corrected chi connectivity index (χ1v) is 7.97. The van der Waals surface area contributed by atoms with Gasteiger partial charge in [-0.1, -0.05) is 44.2 Å². The highest BCUT2D eigenvalue weighted by molar-refractivity contribution is 5.81. The molecule has 5 nitrogen and oxygen atoms in total. The second-order valence-corrected chi connectivity index (χ2v) is 6.23. The monoisotopic (exact) mass is 305 g/mol. The number of nitrogens with two attached hydrogens (primary N) is 1. The fraction of sp³-hybridized carbons (Fsp3) is 0.588. The number of hydrogen-bond acceptors (Lipinski definition) is 4. The van der Waals surface area contributed by atoms with E-state index < -0.39 is 6.04 Å². The van der Waals surface area contributed by atoms with Gasteiger partial charge in [0, 0.05) is 26.2 Å². The number of nitrogens with one attached hydrogen (secondary N) is 1. The van der Waals surface area contributed by atoms with Crippen molar-refractivity contribution >= 4 is 5.91 Å². The van der Waals surface area contributed by atoms with E-state index in [1.807, 2.05) is 19.9 Å². The van der Waals surface area contributed by atoms with E-state index in [1.165, 1.54) is 5.56 Å². The molecule has 3 N–H and O–H groups in total. The average Bonchev–Trinajstić information content (AvgIpc) is 2.53. The Hall–Kier alpha value is -1.43. The van der Waals surface area contributed by atoms with Crippen LogP contribution in [-0.4, -0.2) is 49.2 Å². The zero-order valence-corrected chi connectivity index (χ0v) is 13.5. The maximum Gasteiger partial charge on any atom is 0.237 e. The molecule has 1 aromatic rings. The van der Waals surface area contributed by atoms with Crippen LogP contribution in [0.5, 0.6) is 0 Å². The first-order valence-electron chi connectivity index (χ1n) is 7.97. The number of ether oxygens (including phenoxy) is 1. The number of morpholine rings is 1. The topological polar surface area (TPSA) is 67.6 Å². The van der Waals surface area contributed by atoms with Crippen molar-refractivity contribution in [1.82, 2.24) is 10.2 Å². The lowest BCUT2D eigenvalue weighted by Crippen LogP contribution is -2.50. The summed E-state index contributed by atoms with van der Waals surface area (Å²) in [7, 11) is 0. The van der Waals surface area contributed by atoms with Crippen LogP contribution >= 0.6 is 0 Å². The fourth-order valence-electron chi connectivity index (χ4n) is 2.52. The molecule has 0 spiro atoms. The molecular weight excluding hydrogens is 278 g/mol. The summed E-state index contributed by atoms with van der Waals surface area (Å²) < 4.78 is 5.74. The van der Waals surface area contributed by atoms with E-state index in [-0.39, 0.29) is 17.9 Å². The van der Waals surface area contributed by atoms with Crippen molar-refractivity contribution in [2.24, 2.45) is 11.7 Å². The molecular formula is C17H27N3O2. The lowest BCUT2D eigenvalue weighted by Gasteiger charge is -2.33. The summed E-state index contributed by atoms with van der Waals surface area (Å²) in [5.74, 6) is 0.0423. The molecule has 1 unspecified atom stereocenters. The smallest absolute Gasteiger partial charge is 0.237 e. The molecule has 1 fully saturated rings. The summed E-state index contributed by atoms with van der Waals surface area (Å²) in [5, 5.41) is 2.90. The predicted molar refractivity (Wildman–Crippen MR) is 87.3 cm³/mol. The molecule has 0 saturated carbocycles. The van der Waals surface area contributed by atoms with Gasteiger partial charge in [0.05, 0.1) is 18.8 Å². The number of carbonyl (C=O) groups is 1. The minimum absolute atomic E-state index is 0.0285. The molecule has 0 aromatic heterocycles. The van der Waals surface area contributed by atoms with Crippen molar-refractivity contribution in [3.63, 3.8) is 0 Å². The molecule has 1 heterocycles. The molecule has 2 rings (SSSR count). The SMILES string of the molecule is CC(C)[C@@H](N)C(=O)NCC1CN(Cc2ccccc2)CCO1. The van der Waals surface area contributed by atoms with Crippen LogP contribution < -0.4 is 11.1 Å². The maximum absolute atomic E-state index is 11.9. The Kier molecular flexibility index (Phi) is 6.36. The number of benzene rings is 1. The van der Waals surface area contributed by atoms with E-state index in [2.05, 4.69) is 34.5 Å². The summed E-state index contributed by atoms with van der Waals surface area (Å²) >= 11 is 0. The van der Waals surface area contributed by atoms with E-state index >= 15 is 0 Å². The zero-order valence-electron chi connectivity index (χ0n) is 13.5. The van der Waals surface area contributed by atoms with Crippen molar-refractivity contribution in [2.75, 3.05) is 26.2 Å². The molecule has 1 aliphatic heterocycles. The Balaban J connectivity index is 1.77. The number of carbonyl (C=O) groups excluding carboxylic acids is 1. The molecule has 1 amide bonds.